The molecule has 0 spiro atoms. The lowest BCUT2D eigenvalue weighted by Crippen LogP contribution is -1.74. The van der Waals surface area contributed by atoms with Crippen LogP contribution in [0.25, 0.3) is 22.2 Å². The molecule has 6 heteroatoms. The average molecular weight is 346 g/mol. The fraction of sp³-hybridized carbons (Fsp3) is 0.200. The van der Waals surface area contributed by atoms with Crippen LogP contribution in [0.1, 0.15) is 11.8 Å². The molecule has 0 saturated heterocycles. The highest BCUT2D eigenvalue weighted by atomic mass is 79.9. The van der Waals surface area contributed by atoms with Crippen LogP contribution >= 0.6 is 31.9 Å². The molecule has 0 fully saturated rings. The predicted octanol–water partition coefficient (Wildman–Crippen LogP) is 3.76. The summed E-state index contributed by atoms with van der Waals surface area (Å²) in [6.45, 7) is 0. The molecule has 2 aromatic heterocycles. The largest absolute Gasteiger partial charge is 0.440 e. The first-order chi connectivity index (χ1) is 7.80. The predicted molar refractivity (Wildman–Crippen MR) is 66.8 cm³/mol. The molecule has 0 N–H and O–H groups in total. The van der Waals surface area contributed by atoms with Gasteiger partial charge < -0.3 is 8.83 Å². The van der Waals surface area contributed by atoms with Gasteiger partial charge in [-0.05, 0) is 6.07 Å². The van der Waals surface area contributed by atoms with E-state index in [1.165, 1.54) is 0 Å². The van der Waals surface area contributed by atoms with Crippen molar-refractivity contribution in [3.63, 3.8) is 0 Å². The third-order valence-corrected chi connectivity index (χ3v) is 3.17. The standard InChI is InChI=1S/C10H6Br2N2O2/c11-3-9-13-5-1-6-8(2-7(5)15-9)16-10(4-12)14-6/h1-2H,3-4H2. The molecule has 0 atom stereocenters. The fourth-order valence-electron chi connectivity index (χ4n) is 1.56. The van der Waals surface area contributed by atoms with Gasteiger partial charge in [0.2, 0.25) is 11.8 Å². The first-order valence-corrected chi connectivity index (χ1v) is 6.85. The van der Waals surface area contributed by atoms with E-state index in [0.717, 1.165) is 22.2 Å². The number of halogens is 2. The molecule has 16 heavy (non-hydrogen) atoms. The Morgan fingerprint density at radius 2 is 1.38 bits per heavy atom. The number of aromatic nitrogens is 2. The van der Waals surface area contributed by atoms with Gasteiger partial charge in [0.15, 0.2) is 11.2 Å². The SMILES string of the molecule is BrCc1nc2cc3nc(CBr)oc3cc2o1. The topological polar surface area (TPSA) is 52.1 Å². The third-order valence-electron chi connectivity index (χ3n) is 2.22. The second-order valence-corrected chi connectivity index (χ2v) is 4.39. The van der Waals surface area contributed by atoms with Crippen LogP contribution in [0.2, 0.25) is 0 Å². The molecule has 0 aliphatic heterocycles. The van der Waals surface area contributed by atoms with E-state index >= 15 is 0 Å². The number of oxazole rings is 2. The highest BCUT2D eigenvalue weighted by Gasteiger charge is 2.10. The van der Waals surface area contributed by atoms with Gasteiger partial charge in [-0.1, -0.05) is 31.9 Å². The van der Waals surface area contributed by atoms with Crippen LogP contribution in [0, 0.1) is 0 Å². The molecule has 1 aromatic carbocycles. The fourth-order valence-corrected chi connectivity index (χ4v) is 2.04. The van der Waals surface area contributed by atoms with Crippen molar-refractivity contribution in [2.45, 2.75) is 10.7 Å². The summed E-state index contributed by atoms with van der Waals surface area (Å²) in [6, 6.07) is 3.69. The third kappa shape index (κ3) is 1.56. The summed E-state index contributed by atoms with van der Waals surface area (Å²) in [6.07, 6.45) is 0. The Morgan fingerprint density at radius 1 is 0.875 bits per heavy atom. The number of nitrogens with zero attached hydrogens (tertiary/aromatic N) is 2. The lowest BCUT2D eigenvalue weighted by molar-refractivity contribution is 0.548. The number of alkyl halides is 2. The van der Waals surface area contributed by atoms with Crippen LogP contribution in [0.4, 0.5) is 0 Å². The molecule has 0 aliphatic carbocycles. The number of hydrogen-bond acceptors (Lipinski definition) is 4. The molecule has 82 valence electrons. The Kier molecular flexibility index (Phi) is 2.48. The van der Waals surface area contributed by atoms with Crippen LogP contribution in [-0.4, -0.2) is 9.97 Å². The van der Waals surface area contributed by atoms with Gasteiger partial charge in [0.25, 0.3) is 0 Å². The van der Waals surface area contributed by atoms with Crippen molar-refractivity contribution in [3.05, 3.63) is 23.9 Å². The second-order valence-electron chi connectivity index (χ2n) is 3.27. The van der Waals surface area contributed by atoms with E-state index in [1.54, 1.807) is 0 Å². The minimum atomic E-state index is 0.600. The smallest absolute Gasteiger partial charge is 0.206 e. The summed E-state index contributed by atoms with van der Waals surface area (Å²) < 4.78 is 11.0. The molecule has 4 nitrogen and oxygen atoms in total. The molecular formula is C10H6Br2N2O2. The molecule has 0 radical (unpaired) electrons. The van der Waals surface area contributed by atoms with Gasteiger partial charge in [-0.3, -0.25) is 0 Å². The van der Waals surface area contributed by atoms with E-state index in [4.69, 9.17) is 8.83 Å². The van der Waals surface area contributed by atoms with Gasteiger partial charge >= 0.3 is 0 Å². The highest BCUT2D eigenvalue weighted by molar-refractivity contribution is 9.08. The monoisotopic (exact) mass is 344 g/mol. The number of benzene rings is 1. The normalized spacial score (nSPS) is 11.6. The maximum atomic E-state index is 5.51. The maximum absolute atomic E-state index is 5.51. The number of hydrogen-bond donors (Lipinski definition) is 0. The first-order valence-electron chi connectivity index (χ1n) is 4.61. The molecule has 2 heterocycles. The van der Waals surface area contributed by atoms with Crippen molar-refractivity contribution < 1.29 is 8.83 Å². The van der Waals surface area contributed by atoms with Gasteiger partial charge in [0, 0.05) is 6.07 Å². The summed E-state index contributed by atoms with van der Waals surface area (Å²) in [5, 5.41) is 1.20. The van der Waals surface area contributed by atoms with Crippen LogP contribution in [0.15, 0.2) is 21.0 Å². The Hall–Kier alpha value is -0.880. The van der Waals surface area contributed by atoms with E-state index < -0.39 is 0 Å². The lowest BCUT2D eigenvalue weighted by Gasteiger charge is -1.85. The Bertz CT molecular complexity index is 554. The van der Waals surface area contributed by atoms with Crippen molar-refractivity contribution in [1.82, 2.24) is 9.97 Å². The number of fused-ring (bicyclic) bond motifs is 2. The molecule has 0 saturated carbocycles. The van der Waals surface area contributed by atoms with Crippen molar-refractivity contribution in [3.8, 4) is 0 Å². The van der Waals surface area contributed by atoms with Crippen molar-refractivity contribution in [2.24, 2.45) is 0 Å². The lowest BCUT2D eigenvalue weighted by atomic mass is 10.3. The van der Waals surface area contributed by atoms with Crippen LogP contribution in [-0.2, 0) is 10.7 Å². The summed E-state index contributed by atoms with van der Waals surface area (Å²) in [4.78, 5) is 8.62. The molecule has 0 amide bonds. The average Bonchev–Trinajstić information content (AvgIpc) is 2.86. The number of rotatable bonds is 2. The Morgan fingerprint density at radius 3 is 1.81 bits per heavy atom. The molecule has 0 aliphatic rings. The van der Waals surface area contributed by atoms with E-state index in [-0.39, 0.29) is 0 Å². The Labute approximate surface area is 107 Å². The zero-order valence-electron chi connectivity index (χ0n) is 8.04. The van der Waals surface area contributed by atoms with Crippen molar-refractivity contribution in [1.29, 1.82) is 0 Å². The van der Waals surface area contributed by atoms with Crippen molar-refractivity contribution >= 4 is 54.1 Å². The van der Waals surface area contributed by atoms with E-state index in [9.17, 15) is 0 Å². The zero-order valence-corrected chi connectivity index (χ0v) is 11.2. The summed E-state index contributed by atoms with van der Waals surface area (Å²) in [5.74, 6) is 1.31. The van der Waals surface area contributed by atoms with Gasteiger partial charge in [-0.15, -0.1) is 0 Å². The summed E-state index contributed by atoms with van der Waals surface area (Å²) in [5.41, 5.74) is 3.05. The molecule has 3 rings (SSSR count). The molecule has 3 aromatic rings. The van der Waals surface area contributed by atoms with Gasteiger partial charge in [-0.25, -0.2) is 9.97 Å². The van der Waals surface area contributed by atoms with Crippen LogP contribution in [0.3, 0.4) is 0 Å². The van der Waals surface area contributed by atoms with E-state index in [1.807, 2.05) is 12.1 Å². The molecular weight excluding hydrogens is 340 g/mol. The maximum Gasteiger partial charge on any atom is 0.206 e. The van der Waals surface area contributed by atoms with E-state index in [2.05, 4.69) is 41.8 Å². The second kappa shape index (κ2) is 3.85. The van der Waals surface area contributed by atoms with Crippen molar-refractivity contribution in [2.75, 3.05) is 0 Å². The Balaban J connectivity index is 2.28. The van der Waals surface area contributed by atoms with Gasteiger partial charge in [0.05, 0.1) is 10.7 Å². The highest BCUT2D eigenvalue weighted by Crippen LogP contribution is 2.25. The summed E-state index contributed by atoms with van der Waals surface area (Å²) in [7, 11) is 0. The quantitative estimate of drug-likeness (QED) is 0.663. The van der Waals surface area contributed by atoms with Gasteiger partial charge in [-0.2, -0.15) is 0 Å². The van der Waals surface area contributed by atoms with Gasteiger partial charge in [0.1, 0.15) is 11.0 Å². The molecule has 0 bridgehead atoms. The minimum absolute atomic E-state index is 0.600. The van der Waals surface area contributed by atoms with Crippen LogP contribution in [0.5, 0.6) is 0 Å². The first kappa shape index (κ1) is 10.3. The van der Waals surface area contributed by atoms with E-state index in [0.29, 0.717) is 22.4 Å². The minimum Gasteiger partial charge on any atom is -0.440 e. The zero-order chi connectivity index (χ0) is 11.1. The summed E-state index contributed by atoms with van der Waals surface area (Å²) >= 11 is 6.61. The van der Waals surface area contributed by atoms with Crippen LogP contribution < -0.4 is 0 Å². The molecule has 0 unspecified atom stereocenters.